The number of benzene rings is 2. The Morgan fingerprint density at radius 2 is 1.83 bits per heavy atom. The quantitative estimate of drug-likeness (QED) is 0.618. The minimum absolute atomic E-state index is 0.310. The van der Waals surface area contributed by atoms with E-state index in [9.17, 15) is 4.79 Å². The lowest BCUT2D eigenvalue weighted by atomic mass is 10.1. The maximum absolute atomic E-state index is 12.4. The van der Waals surface area contributed by atoms with E-state index < -0.39 is 6.03 Å². The fourth-order valence-corrected chi connectivity index (χ4v) is 3.77. The number of anilines is 3. The number of hydrogen-bond acceptors (Lipinski definition) is 4. The molecule has 8 heteroatoms. The first-order valence-corrected chi connectivity index (χ1v) is 10.1. The van der Waals surface area contributed by atoms with E-state index in [0.29, 0.717) is 21.4 Å². The number of pyridine rings is 1. The topological polar surface area (TPSA) is 60.5 Å². The van der Waals surface area contributed by atoms with Crippen LogP contribution < -0.4 is 15.5 Å². The first-order valence-electron chi connectivity index (χ1n) is 9.35. The van der Waals surface area contributed by atoms with E-state index in [0.717, 1.165) is 42.8 Å². The predicted octanol–water partition coefficient (Wildman–Crippen LogP) is 4.94. The second-order valence-corrected chi connectivity index (χ2v) is 7.82. The van der Waals surface area contributed by atoms with Gasteiger partial charge in [-0.15, -0.1) is 0 Å². The molecule has 2 N–H and O–H groups in total. The third kappa shape index (κ3) is 4.40. The molecule has 1 aliphatic heterocycles. The molecule has 0 saturated carbocycles. The number of nitrogens with zero attached hydrogens (tertiary/aromatic N) is 3. The van der Waals surface area contributed by atoms with Crippen LogP contribution in [0.25, 0.3) is 10.9 Å². The Morgan fingerprint density at radius 3 is 2.62 bits per heavy atom. The lowest BCUT2D eigenvalue weighted by Gasteiger charge is -2.34. The summed E-state index contributed by atoms with van der Waals surface area (Å²) in [6.07, 6.45) is 1.83. The first kappa shape index (κ1) is 19.8. The van der Waals surface area contributed by atoms with Crippen molar-refractivity contribution in [3.05, 3.63) is 58.7 Å². The van der Waals surface area contributed by atoms with Gasteiger partial charge in [-0.05, 0) is 43.4 Å². The first-order chi connectivity index (χ1) is 14.0. The number of fused-ring (bicyclic) bond motifs is 1. The summed E-state index contributed by atoms with van der Waals surface area (Å²) in [5.41, 5.74) is 3.16. The standard InChI is InChI=1S/C21H21Cl2N5O/c1-27-9-11-28(12-10-27)19-7-8-24-17-6-5-14(13-15(17)19)25-21(29)26-18-4-2-3-16(22)20(18)23/h2-8,13H,9-12H2,1H3,(H2,25,26,29). The van der Waals surface area contributed by atoms with E-state index in [1.54, 1.807) is 18.2 Å². The lowest BCUT2D eigenvalue weighted by Crippen LogP contribution is -2.44. The number of piperazine rings is 1. The van der Waals surface area contributed by atoms with Crippen molar-refractivity contribution in [2.75, 3.05) is 48.8 Å². The van der Waals surface area contributed by atoms with Gasteiger partial charge in [0.25, 0.3) is 0 Å². The van der Waals surface area contributed by atoms with Crippen LogP contribution in [0, 0.1) is 0 Å². The van der Waals surface area contributed by atoms with Crippen LogP contribution >= 0.6 is 23.2 Å². The monoisotopic (exact) mass is 429 g/mol. The Morgan fingerprint density at radius 1 is 1.03 bits per heavy atom. The third-order valence-electron chi connectivity index (χ3n) is 5.02. The Balaban J connectivity index is 1.56. The zero-order valence-electron chi connectivity index (χ0n) is 16.0. The van der Waals surface area contributed by atoms with Crippen molar-refractivity contribution >= 4 is 57.2 Å². The van der Waals surface area contributed by atoms with Crippen LogP contribution in [-0.2, 0) is 0 Å². The molecule has 2 amide bonds. The summed E-state index contributed by atoms with van der Waals surface area (Å²) >= 11 is 12.1. The summed E-state index contributed by atoms with van der Waals surface area (Å²) in [7, 11) is 2.13. The van der Waals surface area contributed by atoms with Crippen LogP contribution in [0.4, 0.5) is 21.9 Å². The van der Waals surface area contributed by atoms with E-state index >= 15 is 0 Å². The van der Waals surface area contributed by atoms with E-state index in [1.165, 1.54) is 0 Å². The lowest BCUT2D eigenvalue weighted by molar-refractivity contribution is 0.262. The van der Waals surface area contributed by atoms with Gasteiger partial charge in [0.1, 0.15) is 0 Å². The SMILES string of the molecule is CN1CCN(c2ccnc3ccc(NC(=O)Nc4cccc(Cl)c4Cl)cc23)CC1. The van der Waals surface area contributed by atoms with Crippen molar-refractivity contribution in [2.45, 2.75) is 0 Å². The fourth-order valence-electron chi connectivity index (χ4n) is 3.42. The average Bonchev–Trinajstić information content (AvgIpc) is 2.71. The van der Waals surface area contributed by atoms with Crippen molar-refractivity contribution in [3.63, 3.8) is 0 Å². The summed E-state index contributed by atoms with van der Waals surface area (Å²) in [4.78, 5) is 21.6. The second kappa shape index (κ2) is 8.45. The molecule has 0 atom stereocenters. The van der Waals surface area contributed by atoms with Crippen LogP contribution in [0.3, 0.4) is 0 Å². The van der Waals surface area contributed by atoms with Gasteiger partial charge in [0.2, 0.25) is 0 Å². The van der Waals surface area contributed by atoms with Gasteiger partial charge >= 0.3 is 6.03 Å². The molecule has 150 valence electrons. The number of aromatic nitrogens is 1. The molecule has 0 aliphatic carbocycles. The number of urea groups is 1. The molecule has 0 spiro atoms. The zero-order chi connectivity index (χ0) is 20.4. The van der Waals surface area contributed by atoms with Gasteiger partial charge < -0.3 is 20.4 Å². The Bertz CT molecular complexity index is 1050. The number of rotatable bonds is 3. The van der Waals surface area contributed by atoms with E-state index in [-0.39, 0.29) is 0 Å². The molecule has 6 nitrogen and oxygen atoms in total. The van der Waals surface area contributed by atoms with Gasteiger partial charge in [-0.1, -0.05) is 29.3 Å². The smallest absolute Gasteiger partial charge is 0.323 e. The zero-order valence-corrected chi connectivity index (χ0v) is 17.5. The van der Waals surface area contributed by atoms with Gasteiger partial charge in [-0.3, -0.25) is 4.98 Å². The van der Waals surface area contributed by atoms with Crippen molar-refractivity contribution in [2.24, 2.45) is 0 Å². The number of nitrogens with one attached hydrogen (secondary N) is 2. The highest BCUT2D eigenvalue weighted by Gasteiger charge is 2.17. The molecule has 2 heterocycles. The summed E-state index contributed by atoms with van der Waals surface area (Å²) in [5.74, 6) is 0. The second-order valence-electron chi connectivity index (χ2n) is 7.03. The number of amides is 2. The Labute approximate surface area is 179 Å². The summed E-state index contributed by atoms with van der Waals surface area (Å²) in [6, 6.07) is 12.4. The van der Waals surface area contributed by atoms with Crippen LogP contribution in [-0.4, -0.2) is 49.1 Å². The van der Waals surface area contributed by atoms with Gasteiger partial charge in [-0.2, -0.15) is 0 Å². The number of likely N-dealkylation sites (N-methyl/N-ethyl adjacent to an activating group) is 1. The normalized spacial score (nSPS) is 14.8. The summed E-state index contributed by atoms with van der Waals surface area (Å²) in [5, 5.41) is 7.30. The minimum Gasteiger partial charge on any atom is -0.368 e. The van der Waals surface area contributed by atoms with Crippen molar-refractivity contribution in [1.29, 1.82) is 0 Å². The fraction of sp³-hybridized carbons (Fsp3) is 0.238. The predicted molar refractivity (Wildman–Crippen MR) is 121 cm³/mol. The molecule has 29 heavy (non-hydrogen) atoms. The molecular weight excluding hydrogens is 409 g/mol. The number of hydrogen-bond donors (Lipinski definition) is 2. The van der Waals surface area contributed by atoms with Crippen molar-refractivity contribution in [3.8, 4) is 0 Å². The maximum atomic E-state index is 12.4. The molecule has 3 aromatic rings. The molecule has 2 aromatic carbocycles. The van der Waals surface area contributed by atoms with Crippen molar-refractivity contribution in [1.82, 2.24) is 9.88 Å². The number of carbonyl (C=O) groups excluding carboxylic acids is 1. The van der Waals surface area contributed by atoms with Crippen LogP contribution in [0.1, 0.15) is 0 Å². The highest BCUT2D eigenvalue weighted by atomic mass is 35.5. The molecular formula is C21H21Cl2N5O. The number of halogens is 2. The largest absolute Gasteiger partial charge is 0.368 e. The van der Waals surface area contributed by atoms with Crippen LogP contribution in [0.5, 0.6) is 0 Å². The molecule has 0 unspecified atom stereocenters. The highest BCUT2D eigenvalue weighted by molar-refractivity contribution is 6.44. The van der Waals surface area contributed by atoms with E-state index in [1.807, 2.05) is 30.5 Å². The molecule has 1 aliphatic rings. The Hall–Kier alpha value is -2.54. The average molecular weight is 430 g/mol. The maximum Gasteiger partial charge on any atom is 0.323 e. The van der Waals surface area contributed by atoms with Gasteiger partial charge in [0, 0.05) is 49.1 Å². The molecule has 1 aromatic heterocycles. The summed E-state index contributed by atoms with van der Waals surface area (Å²) < 4.78 is 0. The molecule has 0 bridgehead atoms. The van der Waals surface area contributed by atoms with Gasteiger partial charge in [0.15, 0.2) is 0 Å². The van der Waals surface area contributed by atoms with Crippen LogP contribution in [0.2, 0.25) is 10.0 Å². The van der Waals surface area contributed by atoms with Gasteiger partial charge in [0.05, 0.1) is 21.2 Å². The summed E-state index contributed by atoms with van der Waals surface area (Å²) in [6.45, 7) is 3.96. The molecule has 1 fully saturated rings. The van der Waals surface area contributed by atoms with E-state index in [4.69, 9.17) is 23.2 Å². The minimum atomic E-state index is -0.390. The Kier molecular flexibility index (Phi) is 5.76. The van der Waals surface area contributed by atoms with Crippen molar-refractivity contribution < 1.29 is 4.79 Å². The third-order valence-corrected chi connectivity index (χ3v) is 5.84. The molecule has 0 radical (unpaired) electrons. The van der Waals surface area contributed by atoms with Crippen LogP contribution in [0.15, 0.2) is 48.7 Å². The van der Waals surface area contributed by atoms with E-state index in [2.05, 4.69) is 32.5 Å². The number of carbonyl (C=O) groups is 1. The molecule has 4 rings (SSSR count). The highest BCUT2D eigenvalue weighted by Crippen LogP contribution is 2.31. The molecule has 1 saturated heterocycles. The van der Waals surface area contributed by atoms with Gasteiger partial charge in [-0.25, -0.2) is 4.79 Å².